The summed E-state index contributed by atoms with van der Waals surface area (Å²) in [6, 6.07) is 1.36. The van der Waals surface area contributed by atoms with Crippen molar-refractivity contribution < 1.29 is 15.0 Å². The third kappa shape index (κ3) is 2.78. The van der Waals surface area contributed by atoms with Gasteiger partial charge in [-0.1, -0.05) is 12.8 Å². The van der Waals surface area contributed by atoms with Gasteiger partial charge in [0.25, 0.3) is 0 Å². The lowest BCUT2D eigenvalue weighted by Crippen LogP contribution is -2.38. The van der Waals surface area contributed by atoms with Crippen molar-refractivity contribution in [3.05, 3.63) is 17.8 Å². The van der Waals surface area contributed by atoms with Gasteiger partial charge in [-0.2, -0.15) is 0 Å². The summed E-state index contributed by atoms with van der Waals surface area (Å²) < 4.78 is 0. The number of carboxylic acid groups (broad SMARTS) is 1. The number of hydrogen-bond acceptors (Lipinski definition) is 5. The Bertz CT molecular complexity index is 464. The summed E-state index contributed by atoms with van der Waals surface area (Å²) in [5.41, 5.74) is 6.15. The summed E-state index contributed by atoms with van der Waals surface area (Å²) in [6.45, 7) is 0.768. The molecule has 1 fully saturated rings. The number of nitrogens with zero attached hydrogens (tertiary/aromatic N) is 2. The lowest BCUT2D eigenvalue weighted by Gasteiger charge is -2.30. The van der Waals surface area contributed by atoms with Crippen LogP contribution in [0.4, 0.5) is 11.5 Å². The minimum Gasteiger partial charge on any atom is -0.478 e. The number of carbonyl (C=O) groups is 1. The summed E-state index contributed by atoms with van der Waals surface area (Å²) in [5, 5.41) is 18.6. The van der Waals surface area contributed by atoms with Crippen LogP contribution in [0.3, 0.4) is 0 Å². The van der Waals surface area contributed by atoms with Gasteiger partial charge in [0.05, 0.1) is 23.9 Å². The van der Waals surface area contributed by atoms with Crippen molar-refractivity contribution in [2.24, 2.45) is 0 Å². The highest BCUT2D eigenvalue weighted by Crippen LogP contribution is 2.29. The van der Waals surface area contributed by atoms with Crippen molar-refractivity contribution in [1.82, 2.24) is 4.98 Å². The molecule has 1 aliphatic heterocycles. The fourth-order valence-electron chi connectivity index (χ4n) is 2.52. The maximum Gasteiger partial charge on any atom is 0.337 e. The average Bonchev–Trinajstić information content (AvgIpc) is 2.63. The highest BCUT2D eigenvalue weighted by molar-refractivity contribution is 5.96. The molecule has 6 nitrogen and oxygen atoms in total. The van der Waals surface area contributed by atoms with Gasteiger partial charge in [0.1, 0.15) is 0 Å². The number of pyridine rings is 1. The van der Waals surface area contributed by atoms with E-state index in [1.807, 2.05) is 4.90 Å². The fraction of sp³-hybridized carbons (Fsp3) is 0.538. The van der Waals surface area contributed by atoms with E-state index in [4.69, 9.17) is 10.8 Å². The van der Waals surface area contributed by atoms with Crippen LogP contribution in [0.5, 0.6) is 0 Å². The standard InChI is InChI=1S/C13H19N3O3/c14-11-10(13(18)19)5-6-15-12(11)16-7-3-1-2-4-9(16)8-17/h5-6,9,17H,1-4,7-8,14H2,(H,18,19). The van der Waals surface area contributed by atoms with Crippen molar-refractivity contribution in [3.63, 3.8) is 0 Å². The van der Waals surface area contributed by atoms with Crippen LogP contribution in [0.15, 0.2) is 12.3 Å². The quantitative estimate of drug-likeness (QED) is 0.757. The summed E-state index contributed by atoms with van der Waals surface area (Å²) in [4.78, 5) is 17.3. The van der Waals surface area contributed by atoms with Crippen molar-refractivity contribution in [1.29, 1.82) is 0 Å². The molecule has 1 aromatic heterocycles. The Hall–Kier alpha value is -1.82. The molecular formula is C13H19N3O3. The van der Waals surface area contributed by atoms with Crippen LogP contribution in [-0.4, -0.2) is 40.4 Å². The largest absolute Gasteiger partial charge is 0.478 e. The molecule has 0 saturated carbocycles. The van der Waals surface area contributed by atoms with Crippen LogP contribution in [0.1, 0.15) is 36.0 Å². The topological polar surface area (TPSA) is 99.7 Å². The molecule has 0 bridgehead atoms. The van der Waals surface area contributed by atoms with Gasteiger partial charge in [-0.25, -0.2) is 9.78 Å². The number of aliphatic hydroxyl groups is 1. The number of anilines is 2. The van der Waals surface area contributed by atoms with E-state index in [1.165, 1.54) is 12.3 Å². The van der Waals surface area contributed by atoms with Crippen molar-refractivity contribution >= 4 is 17.5 Å². The van der Waals surface area contributed by atoms with Gasteiger partial charge < -0.3 is 20.8 Å². The van der Waals surface area contributed by atoms with E-state index in [2.05, 4.69) is 4.98 Å². The number of nitrogens with two attached hydrogens (primary N) is 1. The molecule has 0 aliphatic carbocycles. The molecule has 6 heteroatoms. The first-order valence-corrected chi connectivity index (χ1v) is 6.50. The summed E-state index contributed by atoms with van der Waals surface area (Å²) in [6.07, 6.45) is 5.48. The Morgan fingerprint density at radius 3 is 2.95 bits per heavy atom. The monoisotopic (exact) mass is 265 g/mol. The molecule has 0 radical (unpaired) electrons. The lowest BCUT2D eigenvalue weighted by molar-refractivity contribution is 0.0698. The first-order valence-electron chi connectivity index (χ1n) is 6.50. The highest BCUT2D eigenvalue weighted by Gasteiger charge is 2.25. The van der Waals surface area contributed by atoms with Gasteiger partial charge in [-0.05, 0) is 18.9 Å². The van der Waals surface area contributed by atoms with Gasteiger partial charge in [0.15, 0.2) is 5.82 Å². The average molecular weight is 265 g/mol. The van der Waals surface area contributed by atoms with E-state index < -0.39 is 5.97 Å². The van der Waals surface area contributed by atoms with E-state index >= 15 is 0 Å². The molecule has 0 amide bonds. The van der Waals surface area contributed by atoms with Gasteiger partial charge in [0.2, 0.25) is 0 Å². The second-order valence-corrected chi connectivity index (χ2v) is 4.78. The number of carboxylic acids is 1. The van der Waals surface area contributed by atoms with E-state index in [0.29, 0.717) is 5.82 Å². The Morgan fingerprint density at radius 2 is 2.26 bits per heavy atom. The molecule has 1 saturated heterocycles. The number of aromatic nitrogens is 1. The van der Waals surface area contributed by atoms with Crippen molar-refractivity contribution in [2.75, 3.05) is 23.8 Å². The third-order valence-corrected chi connectivity index (χ3v) is 3.56. The number of rotatable bonds is 3. The number of aromatic carboxylic acids is 1. The van der Waals surface area contributed by atoms with Crippen molar-refractivity contribution in [2.45, 2.75) is 31.7 Å². The molecule has 2 rings (SSSR count). The molecule has 1 aliphatic rings. The van der Waals surface area contributed by atoms with Crippen molar-refractivity contribution in [3.8, 4) is 0 Å². The zero-order valence-corrected chi connectivity index (χ0v) is 10.7. The predicted octanol–water partition coefficient (Wildman–Crippen LogP) is 1.10. The normalized spacial score (nSPS) is 20.1. The summed E-state index contributed by atoms with van der Waals surface area (Å²) in [7, 11) is 0. The van der Waals surface area contributed by atoms with Crippen LogP contribution < -0.4 is 10.6 Å². The molecule has 19 heavy (non-hydrogen) atoms. The van der Waals surface area contributed by atoms with Crippen LogP contribution in [-0.2, 0) is 0 Å². The SMILES string of the molecule is Nc1c(C(=O)O)ccnc1N1CCCCCC1CO. The highest BCUT2D eigenvalue weighted by atomic mass is 16.4. The lowest BCUT2D eigenvalue weighted by atomic mass is 10.1. The number of hydrogen-bond donors (Lipinski definition) is 3. The molecule has 4 N–H and O–H groups in total. The van der Waals surface area contributed by atoms with Gasteiger partial charge in [-0.3, -0.25) is 0 Å². The minimum atomic E-state index is -1.06. The molecule has 104 valence electrons. The van der Waals surface area contributed by atoms with E-state index in [0.717, 1.165) is 32.2 Å². The third-order valence-electron chi connectivity index (χ3n) is 3.56. The van der Waals surface area contributed by atoms with E-state index in [9.17, 15) is 9.90 Å². The Morgan fingerprint density at radius 1 is 1.47 bits per heavy atom. The Kier molecular flexibility index (Phi) is 4.21. The zero-order valence-electron chi connectivity index (χ0n) is 10.7. The molecule has 2 heterocycles. The molecule has 1 unspecified atom stereocenters. The number of nitrogen functional groups attached to an aromatic ring is 1. The maximum atomic E-state index is 11.1. The Labute approximate surface area is 111 Å². The van der Waals surface area contributed by atoms with E-state index in [-0.39, 0.29) is 23.9 Å². The molecule has 1 aromatic rings. The van der Waals surface area contributed by atoms with Crippen LogP contribution in [0.2, 0.25) is 0 Å². The smallest absolute Gasteiger partial charge is 0.337 e. The first kappa shape index (κ1) is 13.6. The van der Waals surface area contributed by atoms with E-state index in [1.54, 1.807) is 0 Å². The zero-order chi connectivity index (χ0) is 13.8. The van der Waals surface area contributed by atoms with Gasteiger partial charge in [0, 0.05) is 12.7 Å². The second-order valence-electron chi connectivity index (χ2n) is 4.78. The maximum absolute atomic E-state index is 11.1. The second kappa shape index (κ2) is 5.88. The van der Waals surface area contributed by atoms with Crippen LogP contribution in [0, 0.1) is 0 Å². The first-order chi connectivity index (χ1) is 9.15. The molecule has 1 atom stereocenters. The summed E-state index contributed by atoms with van der Waals surface area (Å²) in [5.74, 6) is -0.586. The van der Waals surface area contributed by atoms with Crippen LogP contribution in [0.25, 0.3) is 0 Å². The minimum absolute atomic E-state index is 0.0262. The summed E-state index contributed by atoms with van der Waals surface area (Å²) >= 11 is 0. The number of aliphatic hydroxyl groups excluding tert-OH is 1. The van der Waals surface area contributed by atoms with Gasteiger partial charge in [-0.15, -0.1) is 0 Å². The van der Waals surface area contributed by atoms with Crippen LogP contribution >= 0.6 is 0 Å². The van der Waals surface area contributed by atoms with Gasteiger partial charge >= 0.3 is 5.97 Å². The molecule has 0 spiro atoms. The predicted molar refractivity (Wildman–Crippen MR) is 72.3 cm³/mol. The Balaban J connectivity index is 2.38. The fourth-order valence-corrected chi connectivity index (χ4v) is 2.52. The molecule has 0 aromatic carbocycles. The molecular weight excluding hydrogens is 246 g/mol.